The van der Waals surface area contributed by atoms with Crippen LogP contribution in [0.3, 0.4) is 0 Å². The summed E-state index contributed by atoms with van der Waals surface area (Å²) in [5.41, 5.74) is 4.86. The largest absolute Gasteiger partial charge is 0.474 e. The second-order valence-corrected chi connectivity index (χ2v) is 12.6. The molecule has 8 heteroatoms. The first-order valence-electron chi connectivity index (χ1n) is 16.4. The fourth-order valence-electron chi connectivity index (χ4n) is 6.44. The van der Waals surface area contributed by atoms with Crippen LogP contribution in [0.2, 0.25) is 5.28 Å². The van der Waals surface area contributed by atoms with Gasteiger partial charge in [0.25, 0.3) is 0 Å². The molecule has 7 nitrogen and oxygen atoms in total. The van der Waals surface area contributed by atoms with Gasteiger partial charge in [0.15, 0.2) is 0 Å². The Morgan fingerprint density at radius 3 is 1.91 bits per heavy atom. The summed E-state index contributed by atoms with van der Waals surface area (Å²) >= 11 is 6.43. The zero-order valence-corrected chi connectivity index (χ0v) is 27.0. The lowest BCUT2D eigenvalue weighted by atomic mass is 9.99. The van der Waals surface area contributed by atoms with Crippen molar-refractivity contribution in [3.05, 3.63) is 137 Å². The summed E-state index contributed by atoms with van der Waals surface area (Å²) in [5, 5.41) is 0.979. The van der Waals surface area contributed by atoms with Crippen molar-refractivity contribution in [1.82, 2.24) is 9.97 Å². The van der Waals surface area contributed by atoms with Crippen LogP contribution < -0.4 is 4.74 Å². The average molecular weight is 651 g/mol. The van der Waals surface area contributed by atoms with Gasteiger partial charge in [-0.2, -0.15) is 4.98 Å². The van der Waals surface area contributed by atoms with Crippen LogP contribution in [0, 0.1) is 0 Å². The fourth-order valence-corrected chi connectivity index (χ4v) is 6.60. The van der Waals surface area contributed by atoms with Gasteiger partial charge in [-0.25, -0.2) is 4.98 Å². The summed E-state index contributed by atoms with van der Waals surface area (Å²) in [7, 11) is 0. The fraction of sp³-hybridized carbons (Fsp3) is 0.333. The molecule has 0 spiro atoms. The van der Waals surface area contributed by atoms with Crippen LogP contribution in [0.4, 0.5) is 0 Å². The molecule has 2 aliphatic rings. The molecule has 0 amide bonds. The molecule has 242 valence electrons. The predicted octanol–water partition coefficient (Wildman–Crippen LogP) is 8.43. The molecule has 0 radical (unpaired) electrons. The van der Waals surface area contributed by atoms with E-state index in [2.05, 4.69) is 46.4 Å². The lowest BCUT2D eigenvalue weighted by Crippen LogP contribution is -2.37. The number of rotatable bonds is 13. The molecule has 1 aromatic heterocycles. The highest BCUT2D eigenvalue weighted by Gasteiger charge is 2.47. The van der Waals surface area contributed by atoms with Gasteiger partial charge >= 0.3 is 0 Å². The number of hydrogen-bond donors (Lipinski definition) is 0. The number of benzene rings is 4. The van der Waals surface area contributed by atoms with Gasteiger partial charge in [0.05, 0.1) is 37.3 Å². The van der Waals surface area contributed by atoms with E-state index in [0.29, 0.717) is 37.8 Å². The van der Waals surface area contributed by atoms with E-state index in [9.17, 15) is 0 Å². The number of halogens is 1. The number of fused-ring (bicyclic) bond motifs is 1. The standard InChI is InChI=1S/C39H39ClN2O5/c40-39-41-33-22-30(20-21-32(33)38(42-39)46-31-18-10-11-19-31)35-37(45-25-29-16-8-3-9-17-29)36(44-24-28-14-6-2-7-15-28)34(47-35)26-43-23-27-12-4-1-5-13-27/h1-9,12-17,20-22,31,34-37H,10-11,18-19,23-26H2/t34-,35+,36-,37+/m1/s1. The average Bonchev–Trinajstić information content (AvgIpc) is 3.75. The Morgan fingerprint density at radius 1 is 0.681 bits per heavy atom. The highest BCUT2D eigenvalue weighted by molar-refractivity contribution is 6.28. The topological polar surface area (TPSA) is 71.9 Å². The third-order valence-electron chi connectivity index (χ3n) is 8.84. The smallest absolute Gasteiger partial charge is 0.226 e. The van der Waals surface area contributed by atoms with Crippen molar-refractivity contribution in [1.29, 1.82) is 0 Å². The zero-order valence-electron chi connectivity index (χ0n) is 26.2. The van der Waals surface area contributed by atoms with Gasteiger partial charge in [-0.3, -0.25) is 0 Å². The molecule has 0 bridgehead atoms. The van der Waals surface area contributed by atoms with Crippen molar-refractivity contribution in [3.8, 4) is 5.88 Å². The van der Waals surface area contributed by atoms with Crippen LogP contribution in [0.15, 0.2) is 109 Å². The Balaban J connectivity index is 1.19. The molecule has 2 heterocycles. The van der Waals surface area contributed by atoms with Gasteiger partial charge in [-0.1, -0.05) is 97.1 Å². The molecule has 4 atom stereocenters. The Hall–Kier alpha value is -3.85. The molecule has 4 aromatic carbocycles. The van der Waals surface area contributed by atoms with Gasteiger partial charge in [-0.05, 0) is 71.7 Å². The van der Waals surface area contributed by atoms with Gasteiger partial charge in [0, 0.05) is 0 Å². The van der Waals surface area contributed by atoms with E-state index in [-0.39, 0.29) is 17.5 Å². The van der Waals surface area contributed by atoms with Gasteiger partial charge < -0.3 is 23.7 Å². The molecule has 1 aliphatic carbocycles. The van der Waals surface area contributed by atoms with E-state index < -0.39 is 18.3 Å². The van der Waals surface area contributed by atoms with Gasteiger partial charge in [-0.15, -0.1) is 0 Å². The normalized spacial score (nSPS) is 21.4. The molecule has 1 saturated heterocycles. The lowest BCUT2D eigenvalue weighted by molar-refractivity contribution is -0.0898. The molecule has 1 aliphatic heterocycles. The maximum absolute atomic E-state index is 6.82. The second kappa shape index (κ2) is 15.4. The maximum atomic E-state index is 6.82. The summed E-state index contributed by atoms with van der Waals surface area (Å²) in [4.78, 5) is 9.03. The minimum atomic E-state index is -0.442. The van der Waals surface area contributed by atoms with Crippen LogP contribution in [-0.2, 0) is 38.8 Å². The summed E-state index contributed by atoms with van der Waals surface area (Å²) in [5.74, 6) is 0.527. The molecular formula is C39H39ClN2O5. The van der Waals surface area contributed by atoms with E-state index in [0.717, 1.165) is 40.5 Å². The number of hydrogen-bond acceptors (Lipinski definition) is 7. The van der Waals surface area contributed by atoms with Crippen molar-refractivity contribution in [2.24, 2.45) is 0 Å². The molecule has 7 rings (SSSR count). The van der Waals surface area contributed by atoms with Crippen LogP contribution in [0.5, 0.6) is 5.88 Å². The van der Waals surface area contributed by atoms with Crippen LogP contribution in [0.1, 0.15) is 54.0 Å². The van der Waals surface area contributed by atoms with E-state index >= 15 is 0 Å². The highest BCUT2D eigenvalue weighted by atomic mass is 35.5. The predicted molar refractivity (Wildman–Crippen MR) is 181 cm³/mol. The van der Waals surface area contributed by atoms with E-state index in [1.807, 2.05) is 72.8 Å². The molecule has 1 saturated carbocycles. The minimum Gasteiger partial charge on any atom is -0.474 e. The summed E-state index contributed by atoms with van der Waals surface area (Å²) in [6, 6.07) is 36.5. The van der Waals surface area contributed by atoms with E-state index in [1.165, 1.54) is 12.8 Å². The second-order valence-electron chi connectivity index (χ2n) is 12.2. The maximum Gasteiger partial charge on any atom is 0.226 e. The molecule has 2 fully saturated rings. The summed E-state index contributed by atoms with van der Waals surface area (Å²) < 4.78 is 32.7. The van der Waals surface area contributed by atoms with E-state index in [1.54, 1.807) is 0 Å². The monoisotopic (exact) mass is 650 g/mol. The number of aromatic nitrogens is 2. The third kappa shape index (κ3) is 8.00. The quantitative estimate of drug-likeness (QED) is 0.118. The van der Waals surface area contributed by atoms with Crippen LogP contribution in [0.25, 0.3) is 10.9 Å². The van der Waals surface area contributed by atoms with Gasteiger partial charge in [0.1, 0.15) is 30.5 Å². The highest BCUT2D eigenvalue weighted by Crippen LogP contribution is 2.40. The van der Waals surface area contributed by atoms with Crippen LogP contribution >= 0.6 is 11.6 Å². The molecule has 5 aromatic rings. The minimum absolute atomic E-state index is 0.150. The van der Waals surface area contributed by atoms with Crippen LogP contribution in [-0.4, -0.2) is 41.0 Å². The Labute approximate surface area is 280 Å². The summed E-state index contributed by atoms with van der Waals surface area (Å²) in [6.45, 7) is 1.65. The van der Waals surface area contributed by atoms with Crippen molar-refractivity contribution >= 4 is 22.5 Å². The lowest BCUT2D eigenvalue weighted by Gasteiger charge is -2.25. The van der Waals surface area contributed by atoms with E-state index in [4.69, 9.17) is 35.3 Å². The molecular weight excluding hydrogens is 612 g/mol. The van der Waals surface area contributed by atoms with Crippen molar-refractivity contribution in [3.63, 3.8) is 0 Å². The Bertz CT molecular complexity index is 1720. The Kier molecular flexibility index (Phi) is 10.4. The number of nitrogens with zero attached hydrogens (tertiary/aromatic N) is 2. The Morgan fingerprint density at radius 2 is 1.28 bits per heavy atom. The zero-order chi connectivity index (χ0) is 31.8. The SMILES string of the molecule is Clc1nc(OC2CCCC2)c2ccc([C@@H]3O[C@H](COCc4ccccc4)[C@@H](OCc4ccccc4)[C@H]3OCc3ccccc3)cc2n1. The molecule has 47 heavy (non-hydrogen) atoms. The first-order valence-corrected chi connectivity index (χ1v) is 16.8. The number of ether oxygens (including phenoxy) is 5. The first kappa shape index (κ1) is 31.7. The third-order valence-corrected chi connectivity index (χ3v) is 9.01. The van der Waals surface area contributed by atoms with Gasteiger partial charge in [0.2, 0.25) is 11.2 Å². The van der Waals surface area contributed by atoms with Crippen molar-refractivity contribution in [2.75, 3.05) is 6.61 Å². The first-order chi connectivity index (χ1) is 23.2. The molecule has 0 unspecified atom stereocenters. The summed E-state index contributed by atoms with van der Waals surface area (Å²) in [6.07, 6.45) is 2.89. The van der Waals surface area contributed by atoms with Crippen molar-refractivity contribution in [2.45, 2.75) is 76.0 Å². The molecule has 0 N–H and O–H groups in total. The van der Waals surface area contributed by atoms with Crippen molar-refractivity contribution < 1.29 is 23.7 Å².